The van der Waals surface area contributed by atoms with Crippen LogP contribution in [0, 0.1) is 0 Å². The van der Waals surface area contributed by atoms with Crippen molar-refractivity contribution in [3.63, 3.8) is 0 Å². The number of esters is 1. The van der Waals surface area contributed by atoms with Gasteiger partial charge in [0.1, 0.15) is 11.4 Å². The van der Waals surface area contributed by atoms with Crippen LogP contribution in [-0.2, 0) is 22.4 Å². The summed E-state index contributed by atoms with van der Waals surface area (Å²) in [5.74, 6) is 0.108. The standard InChI is InChI=1S/C28H29N5O5/c1-3-37-28(36)25-22-10-12-32(20-6-4-19(5-7-20)31-14-13-30(2)17-24(31)34)27(35)26(22)33(29-25)21-8-9-23-18(16-21)11-15-38-23/h4-9,16H,3,10-15,17H2,1-2H3. The molecule has 3 aliphatic rings. The highest BCUT2D eigenvalue weighted by atomic mass is 16.5. The molecule has 38 heavy (non-hydrogen) atoms. The molecule has 10 heteroatoms. The summed E-state index contributed by atoms with van der Waals surface area (Å²) in [5.41, 5.74) is 4.40. The van der Waals surface area contributed by atoms with Crippen molar-refractivity contribution >= 4 is 29.2 Å². The maximum absolute atomic E-state index is 13.9. The monoisotopic (exact) mass is 515 g/mol. The summed E-state index contributed by atoms with van der Waals surface area (Å²) in [7, 11) is 1.93. The molecule has 6 rings (SSSR count). The molecule has 1 fully saturated rings. The van der Waals surface area contributed by atoms with Crippen molar-refractivity contribution in [3.8, 4) is 11.4 Å². The first kappa shape index (κ1) is 24.2. The van der Waals surface area contributed by atoms with Crippen molar-refractivity contribution in [2.45, 2.75) is 19.8 Å². The topological polar surface area (TPSA) is 97.2 Å². The Kier molecular flexibility index (Phi) is 6.11. The quantitative estimate of drug-likeness (QED) is 0.482. The van der Waals surface area contributed by atoms with Crippen molar-refractivity contribution in [2.75, 3.05) is 56.2 Å². The number of benzene rings is 2. The SMILES string of the molecule is CCOC(=O)c1nn(-c2ccc3c(c2)CCO3)c2c1CCN(c1ccc(N3CCN(C)CC3=O)cc1)C2=O. The molecule has 0 spiro atoms. The molecule has 3 aliphatic heterocycles. The van der Waals surface area contributed by atoms with E-state index in [-0.39, 0.29) is 24.1 Å². The molecule has 0 saturated carbocycles. The van der Waals surface area contributed by atoms with E-state index in [0.717, 1.165) is 35.7 Å². The normalized spacial score (nSPS) is 17.3. The maximum Gasteiger partial charge on any atom is 0.359 e. The largest absolute Gasteiger partial charge is 0.493 e. The number of aromatic nitrogens is 2. The molecular weight excluding hydrogens is 486 g/mol. The van der Waals surface area contributed by atoms with E-state index < -0.39 is 5.97 Å². The second-order valence-corrected chi connectivity index (χ2v) is 9.70. The third-order valence-corrected chi connectivity index (χ3v) is 7.29. The zero-order valence-electron chi connectivity index (χ0n) is 21.5. The van der Waals surface area contributed by atoms with Crippen molar-refractivity contribution < 1.29 is 23.9 Å². The average molecular weight is 516 g/mol. The number of carbonyl (C=O) groups excluding carboxylic acids is 3. The summed E-state index contributed by atoms with van der Waals surface area (Å²) in [6.07, 6.45) is 1.24. The Hall–Kier alpha value is -4.18. The van der Waals surface area contributed by atoms with Crippen LogP contribution in [0.3, 0.4) is 0 Å². The molecule has 3 aromatic rings. The summed E-state index contributed by atoms with van der Waals surface area (Å²) >= 11 is 0. The van der Waals surface area contributed by atoms with Crippen LogP contribution in [0.1, 0.15) is 39.0 Å². The van der Waals surface area contributed by atoms with Gasteiger partial charge in [-0.25, -0.2) is 9.48 Å². The minimum atomic E-state index is -0.533. The van der Waals surface area contributed by atoms with Crippen molar-refractivity contribution in [1.29, 1.82) is 0 Å². The van der Waals surface area contributed by atoms with Crippen molar-refractivity contribution in [2.24, 2.45) is 0 Å². The average Bonchev–Trinajstić information content (AvgIpc) is 3.54. The maximum atomic E-state index is 13.9. The lowest BCUT2D eigenvalue weighted by atomic mass is 10.0. The number of nitrogens with zero attached hydrogens (tertiary/aromatic N) is 5. The smallest absolute Gasteiger partial charge is 0.359 e. The highest BCUT2D eigenvalue weighted by Crippen LogP contribution is 2.33. The van der Waals surface area contributed by atoms with Crippen LogP contribution in [0.4, 0.5) is 11.4 Å². The second-order valence-electron chi connectivity index (χ2n) is 9.70. The minimum absolute atomic E-state index is 0.0559. The number of hydrogen-bond donors (Lipinski definition) is 0. The summed E-state index contributed by atoms with van der Waals surface area (Å²) in [4.78, 5) is 44.7. The molecule has 4 heterocycles. The van der Waals surface area contributed by atoms with Gasteiger partial charge >= 0.3 is 5.97 Å². The van der Waals surface area contributed by atoms with Gasteiger partial charge < -0.3 is 19.3 Å². The van der Waals surface area contributed by atoms with Crippen LogP contribution >= 0.6 is 0 Å². The molecule has 0 N–H and O–H groups in total. The Bertz CT molecular complexity index is 1430. The van der Waals surface area contributed by atoms with Gasteiger partial charge in [-0.15, -0.1) is 0 Å². The lowest BCUT2D eigenvalue weighted by Gasteiger charge is -2.32. The van der Waals surface area contributed by atoms with Gasteiger partial charge in [-0.3, -0.25) is 14.5 Å². The highest BCUT2D eigenvalue weighted by Gasteiger charge is 2.36. The third-order valence-electron chi connectivity index (χ3n) is 7.29. The van der Waals surface area contributed by atoms with Gasteiger partial charge in [0.15, 0.2) is 5.69 Å². The van der Waals surface area contributed by atoms with Gasteiger partial charge in [0.05, 0.1) is 25.4 Å². The molecule has 0 aliphatic carbocycles. The predicted molar refractivity (Wildman–Crippen MR) is 140 cm³/mol. The van der Waals surface area contributed by atoms with E-state index in [1.807, 2.05) is 54.4 Å². The van der Waals surface area contributed by atoms with E-state index >= 15 is 0 Å². The lowest BCUT2D eigenvalue weighted by molar-refractivity contribution is -0.120. The molecular formula is C28H29N5O5. The number of rotatable bonds is 5. The lowest BCUT2D eigenvalue weighted by Crippen LogP contribution is -2.48. The fourth-order valence-electron chi connectivity index (χ4n) is 5.34. The van der Waals surface area contributed by atoms with Crippen LogP contribution in [-0.4, -0.2) is 78.9 Å². The van der Waals surface area contributed by atoms with Crippen LogP contribution in [0.2, 0.25) is 0 Å². The molecule has 1 aromatic heterocycles. The Morgan fingerprint density at radius 2 is 1.71 bits per heavy atom. The molecule has 2 amide bonds. The number of carbonyl (C=O) groups is 3. The van der Waals surface area contributed by atoms with E-state index in [2.05, 4.69) is 5.10 Å². The third kappa shape index (κ3) is 4.10. The summed E-state index contributed by atoms with van der Waals surface area (Å²) in [6.45, 7) is 4.80. The van der Waals surface area contributed by atoms with Gasteiger partial charge in [0.2, 0.25) is 5.91 Å². The van der Waals surface area contributed by atoms with Gasteiger partial charge in [-0.2, -0.15) is 5.10 Å². The van der Waals surface area contributed by atoms with E-state index in [1.165, 1.54) is 0 Å². The fourth-order valence-corrected chi connectivity index (χ4v) is 5.34. The van der Waals surface area contributed by atoms with Crippen molar-refractivity contribution in [1.82, 2.24) is 14.7 Å². The van der Waals surface area contributed by atoms with E-state index in [4.69, 9.17) is 9.47 Å². The Morgan fingerprint density at radius 3 is 2.45 bits per heavy atom. The molecule has 10 nitrogen and oxygen atoms in total. The van der Waals surface area contributed by atoms with Crippen LogP contribution in [0.5, 0.6) is 5.75 Å². The summed E-state index contributed by atoms with van der Waals surface area (Å²) in [5, 5.41) is 4.58. The molecule has 2 aromatic carbocycles. The van der Waals surface area contributed by atoms with Crippen LogP contribution in [0.25, 0.3) is 5.69 Å². The van der Waals surface area contributed by atoms with Gasteiger partial charge in [0, 0.05) is 43.0 Å². The van der Waals surface area contributed by atoms with E-state index in [9.17, 15) is 14.4 Å². The molecule has 0 unspecified atom stereocenters. The first-order valence-electron chi connectivity index (χ1n) is 12.9. The predicted octanol–water partition coefficient (Wildman–Crippen LogP) is 2.47. The molecule has 0 radical (unpaired) electrons. The Labute approximate surface area is 220 Å². The zero-order valence-corrected chi connectivity index (χ0v) is 21.5. The number of piperazine rings is 1. The number of amides is 2. The molecule has 196 valence electrons. The van der Waals surface area contributed by atoms with Gasteiger partial charge in [-0.05, 0) is 68.4 Å². The zero-order chi connectivity index (χ0) is 26.4. The first-order chi connectivity index (χ1) is 18.4. The number of ether oxygens (including phenoxy) is 2. The molecule has 0 atom stereocenters. The van der Waals surface area contributed by atoms with Gasteiger partial charge in [-0.1, -0.05) is 0 Å². The minimum Gasteiger partial charge on any atom is -0.493 e. The van der Waals surface area contributed by atoms with Crippen molar-refractivity contribution in [3.05, 3.63) is 65.0 Å². The number of hydrogen-bond acceptors (Lipinski definition) is 7. The first-order valence-corrected chi connectivity index (χ1v) is 12.9. The number of likely N-dealkylation sites (N-methyl/N-ethyl adjacent to an activating group) is 1. The summed E-state index contributed by atoms with van der Waals surface area (Å²) in [6, 6.07) is 13.2. The summed E-state index contributed by atoms with van der Waals surface area (Å²) < 4.78 is 12.4. The highest BCUT2D eigenvalue weighted by molar-refractivity contribution is 6.09. The Balaban J connectivity index is 1.35. The molecule has 0 bridgehead atoms. The second kappa shape index (κ2) is 9.60. The fraction of sp³-hybridized carbons (Fsp3) is 0.357. The van der Waals surface area contributed by atoms with E-state index in [0.29, 0.717) is 49.6 Å². The Morgan fingerprint density at radius 1 is 0.974 bits per heavy atom. The van der Waals surface area contributed by atoms with E-state index in [1.54, 1.807) is 21.4 Å². The van der Waals surface area contributed by atoms with Crippen LogP contribution < -0.4 is 14.5 Å². The van der Waals surface area contributed by atoms with Gasteiger partial charge in [0.25, 0.3) is 5.91 Å². The number of fused-ring (bicyclic) bond motifs is 2. The molecule has 1 saturated heterocycles. The number of anilines is 2. The van der Waals surface area contributed by atoms with Crippen LogP contribution in [0.15, 0.2) is 42.5 Å².